The Kier molecular flexibility index (Phi) is 4.72. The van der Waals surface area contributed by atoms with E-state index in [1.807, 2.05) is 0 Å². The van der Waals surface area contributed by atoms with Crippen LogP contribution in [-0.2, 0) is 4.74 Å². The van der Waals surface area contributed by atoms with E-state index in [1.165, 1.54) is 26.4 Å². The summed E-state index contributed by atoms with van der Waals surface area (Å²) in [6.45, 7) is 0.548. The van der Waals surface area contributed by atoms with Crippen LogP contribution < -0.4 is 9.47 Å². The van der Waals surface area contributed by atoms with Crippen LogP contribution in [0.2, 0.25) is 0 Å². The van der Waals surface area contributed by atoms with Crippen LogP contribution in [0.3, 0.4) is 0 Å². The molecule has 16 heavy (non-hydrogen) atoms. The highest BCUT2D eigenvalue weighted by Gasteiger charge is 2.11. The summed E-state index contributed by atoms with van der Waals surface area (Å²) in [4.78, 5) is 10.6. The molecule has 0 amide bonds. The molecule has 0 bridgehead atoms. The molecule has 0 N–H and O–H groups in total. The van der Waals surface area contributed by atoms with Crippen LogP contribution in [0.25, 0.3) is 0 Å². The third-order valence-electron chi connectivity index (χ3n) is 1.95. The van der Waals surface area contributed by atoms with Crippen molar-refractivity contribution in [2.45, 2.75) is 0 Å². The van der Waals surface area contributed by atoms with Crippen molar-refractivity contribution >= 4 is 6.29 Å². The first-order valence-electron chi connectivity index (χ1n) is 4.67. The molecule has 0 aliphatic carbocycles. The molecule has 0 spiro atoms. The monoisotopic (exact) mass is 228 g/mol. The summed E-state index contributed by atoms with van der Waals surface area (Å²) in [5, 5.41) is 0. The molecule has 0 fully saturated rings. The van der Waals surface area contributed by atoms with E-state index < -0.39 is 5.82 Å². The molecule has 0 aromatic heterocycles. The lowest BCUT2D eigenvalue weighted by Gasteiger charge is -2.09. The molecular weight excluding hydrogens is 215 g/mol. The average molecular weight is 228 g/mol. The molecule has 4 nitrogen and oxygen atoms in total. The number of rotatable bonds is 6. The Morgan fingerprint density at radius 1 is 1.31 bits per heavy atom. The van der Waals surface area contributed by atoms with Gasteiger partial charge in [-0.25, -0.2) is 4.39 Å². The van der Waals surface area contributed by atoms with Gasteiger partial charge in [0, 0.05) is 13.2 Å². The van der Waals surface area contributed by atoms with Gasteiger partial charge in [-0.15, -0.1) is 0 Å². The zero-order chi connectivity index (χ0) is 12.0. The summed E-state index contributed by atoms with van der Waals surface area (Å²) in [6.07, 6.45) is 0.418. The number of methoxy groups -OCH3 is 2. The second-order valence-electron chi connectivity index (χ2n) is 2.99. The van der Waals surface area contributed by atoms with Crippen LogP contribution in [0.5, 0.6) is 11.5 Å². The first kappa shape index (κ1) is 12.4. The number of hydrogen-bond acceptors (Lipinski definition) is 4. The molecule has 0 aliphatic heterocycles. The Labute approximate surface area is 92.9 Å². The largest absolute Gasteiger partial charge is 0.497 e. The van der Waals surface area contributed by atoms with Gasteiger partial charge in [0.2, 0.25) is 0 Å². The number of ether oxygens (including phenoxy) is 3. The molecule has 0 radical (unpaired) electrons. The van der Waals surface area contributed by atoms with E-state index in [1.54, 1.807) is 0 Å². The maximum Gasteiger partial charge on any atom is 0.175 e. The summed E-state index contributed by atoms with van der Waals surface area (Å²) >= 11 is 0. The van der Waals surface area contributed by atoms with Gasteiger partial charge in [0.15, 0.2) is 17.9 Å². The molecule has 1 aromatic carbocycles. The highest BCUT2D eigenvalue weighted by atomic mass is 19.1. The van der Waals surface area contributed by atoms with Crippen LogP contribution in [0.1, 0.15) is 10.4 Å². The van der Waals surface area contributed by atoms with Gasteiger partial charge in [0.05, 0.1) is 19.3 Å². The van der Waals surface area contributed by atoms with Gasteiger partial charge in [-0.05, 0) is 6.07 Å². The Morgan fingerprint density at radius 2 is 2.06 bits per heavy atom. The summed E-state index contributed by atoms with van der Waals surface area (Å²) in [5.41, 5.74) is -0.0910. The first-order chi connectivity index (χ1) is 7.72. The molecule has 0 aliphatic rings. The van der Waals surface area contributed by atoms with E-state index in [2.05, 4.69) is 0 Å². The second kappa shape index (κ2) is 6.07. The molecule has 0 unspecified atom stereocenters. The highest BCUT2D eigenvalue weighted by molar-refractivity contribution is 5.77. The third kappa shape index (κ3) is 2.93. The average Bonchev–Trinajstić information content (AvgIpc) is 2.31. The summed E-state index contributed by atoms with van der Waals surface area (Å²) in [5.74, 6) is -0.332. The minimum absolute atomic E-state index is 0.0153. The van der Waals surface area contributed by atoms with Gasteiger partial charge in [-0.2, -0.15) is 0 Å². The number of hydrogen-bond donors (Lipinski definition) is 0. The SMILES string of the molecule is COCCOc1cc(OC)cc(C=O)c1F. The molecule has 0 saturated carbocycles. The fourth-order valence-electron chi connectivity index (χ4n) is 1.14. The molecule has 1 aromatic rings. The summed E-state index contributed by atoms with van der Waals surface area (Å²) in [7, 11) is 2.95. The zero-order valence-corrected chi connectivity index (χ0v) is 9.16. The van der Waals surface area contributed by atoms with E-state index in [0.717, 1.165) is 0 Å². The van der Waals surface area contributed by atoms with Gasteiger partial charge in [-0.3, -0.25) is 4.79 Å². The number of aldehydes is 1. The lowest BCUT2D eigenvalue weighted by Crippen LogP contribution is -2.06. The molecular formula is C11H13FO4. The van der Waals surface area contributed by atoms with Gasteiger partial charge < -0.3 is 14.2 Å². The van der Waals surface area contributed by atoms with E-state index in [9.17, 15) is 9.18 Å². The predicted molar refractivity (Wildman–Crippen MR) is 55.7 cm³/mol. The quantitative estimate of drug-likeness (QED) is 0.549. The van der Waals surface area contributed by atoms with Crippen molar-refractivity contribution in [3.63, 3.8) is 0 Å². The fourth-order valence-corrected chi connectivity index (χ4v) is 1.14. The molecule has 0 heterocycles. The van der Waals surface area contributed by atoms with Crippen molar-refractivity contribution in [3.05, 3.63) is 23.5 Å². The number of carbonyl (C=O) groups excluding carboxylic acids is 1. The van der Waals surface area contributed by atoms with Gasteiger partial charge in [-0.1, -0.05) is 0 Å². The standard InChI is InChI=1S/C11H13FO4/c1-14-3-4-16-10-6-9(15-2)5-8(7-13)11(10)12/h5-7H,3-4H2,1-2H3. The lowest BCUT2D eigenvalue weighted by atomic mass is 10.2. The van der Waals surface area contributed by atoms with Crippen LogP contribution in [-0.4, -0.2) is 33.7 Å². The number of benzene rings is 1. The van der Waals surface area contributed by atoms with Crippen LogP contribution in [0.4, 0.5) is 4.39 Å². The van der Waals surface area contributed by atoms with E-state index in [-0.39, 0.29) is 17.9 Å². The Morgan fingerprint density at radius 3 is 2.62 bits per heavy atom. The molecule has 0 saturated heterocycles. The minimum atomic E-state index is -0.688. The number of halogens is 1. The summed E-state index contributed by atoms with van der Waals surface area (Å²) < 4.78 is 28.4. The number of carbonyl (C=O) groups is 1. The predicted octanol–water partition coefficient (Wildman–Crippen LogP) is 1.67. The van der Waals surface area contributed by atoms with Gasteiger partial charge in [0.25, 0.3) is 0 Å². The maximum absolute atomic E-state index is 13.6. The van der Waals surface area contributed by atoms with Crippen molar-refractivity contribution in [1.29, 1.82) is 0 Å². The van der Waals surface area contributed by atoms with Gasteiger partial charge in [0.1, 0.15) is 12.4 Å². The minimum Gasteiger partial charge on any atom is -0.497 e. The Hall–Kier alpha value is -1.62. The van der Waals surface area contributed by atoms with E-state index >= 15 is 0 Å². The topological polar surface area (TPSA) is 44.8 Å². The van der Waals surface area contributed by atoms with E-state index in [0.29, 0.717) is 18.6 Å². The van der Waals surface area contributed by atoms with Crippen LogP contribution >= 0.6 is 0 Å². The second-order valence-corrected chi connectivity index (χ2v) is 2.99. The van der Waals surface area contributed by atoms with Crippen LogP contribution in [0.15, 0.2) is 12.1 Å². The summed E-state index contributed by atoms with van der Waals surface area (Å²) in [6, 6.07) is 2.70. The van der Waals surface area contributed by atoms with Gasteiger partial charge >= 0.3 is 0 Å². The zero-order valence-electron chi connectivity index (χ0n) is 9.16. The molecule has 0 atom stereocenters. The Balaban J connectivity index is 2.92. The smallest absolute Gasteiger partial charge is 0.175 e. The molecule has 1 rings (SSSR count). The van der Waals surface area contributed by atoms with Crippen molar-refractivity contribution in [3.8, 4) is 11.5 Å². The normalized spacial score (nSPS) is 9.94. The molecule has 88 valence electrons. The maximum atomic E-state index is 13.6. The van der Waals surface area contributed by atoms with Crippen molar-refractivity contribution < 1.29 is 23.4 Å². The third-order valence-corrected chi connectivity index (χ3v) is 1.95. The molecule has 5 heteroatoms. The lowest BCUT2D eigenvalue weighted by molar-refractivity contribution is 0.111. The highest BCUT2D eigenvalue weighted by Crippen LogP contribution is 2.26. The first-order valence-corrected chi connectivity index (χ1v) is 4.67. The van der Waals surface area contributed by atoms with Crippen molar-refractivity contribution in [2.24, 2.45) is 0 Å². The van der Waals surface area contributed by atoms with E-state index in [4.69, 9.17) is 14.2 Å². The fraction of sp³-hybridized carbons (Fsp3) is 0.364. The van der Waals surface area contributed by atoms with Crippen LogP contribution in [0, 0.1) is 5.82 Å². The Bertz CT molecular complexity index is 365. The van der Waals surface area contributed by atoms with Crippen molar-refractivity contribution in [1.82, 2.24) is 0 Å². The van der Waals surface area contributed by atoms with Crippen molar-refractivity contribution in [2.75, 3.05) is 27.4 Å².